The van der Waals surface area contributed by atoms with Crippen LogP contribution >= 0.6 is 0 Å². The lowest BCUT2D eigenvalue weighted by atomic mass is 10.1. The second kappa shape index (κ2) is 3.96. The van der Waals surface area contributed by atoms with Crippen molar-refractivity contribution in [1.82, 2.24) is 0 Å². The number of carbonyl (C=O) groups is 2. The fourth-order valence-corrected chi connectivity index (χ4v) is 1.40. The van der Waals surface area contributed by atoms with Gasteiger partial charge in [-0.05, 0) is 31.9 Å². The van der Waals surface area contributed by atoms with Gasteiger partial charge in [0.05, 0.1) is 11.7 Å². The smallest absolute Gasteiger partial charge is 0.377 e. The van der Waals surface area contributed by atoms with Gasteiger partial charge < -0.3 is 9.84 Å². The third-order valence-corrected chi connectivity index (χ3v) is 2.39. The van der Waals surface area contributed by atoms with Crippen LogP contribution in [-0.2, 0) is 4.79 Å². The maximum Gasteiger partial charge on any atom is 0.377 e. The number of ether oxygens (including phenoxy) is 1. The number of rotatable bonds is 4. The summed E-state index contributed by atoms with van der Waals surface area (Å²) in [6.07, 6.45) is 2.08. The summed E-state index contributed by atoms with van der Waals surface area (Å²) < 4.78 is 5.50. The molecule has 1 aromatic rings. The van der Waals surface area contributed by atoms with Crippen LogP contribution in [0.5, 0.6) is 5.75 Å². The van der Waals surface area contributed by atoms with E-state index in [9.17, 15) is 9.59 Å². The number of carboxylic acids is 1. The molecule has 0 spiro atoms. The van der Waals surface area contributed by atoms with Gasteiger partial charge in [-0.15, -0.1) is 0 Å². The molecule has 0 amide bonds. The molecule has 1 N–H and O–H groups in total. The largest absolute Gasteiger partial charge is 0.490 e. The van der Waals surface area contributed by atoms with Crippen molar-refractivity contribution in [3.8, 4) is 5.75 Å². The van der Waals surface area contributed by atoms with Gasteiger partial charge in [0.25, 0.3) is 5.78 Å². The Hall–Kier alpha value is -1.84. The summed E-state index contributed by atoms with van der Waals surface area (Å²) in [6.45, 7) is 1.81. The predicted molar refractivity (Wildman–Crippen MR) is 56.8 cm³/mol. The highest BCUT2D eigenvalue weighted by molar-refractivity contribution is 6.40. The maximum absolute atomic E-state index is 11.4. The Morgan fingerprint density at radius 2 is 2.06 bits per heavy atom. The molecule has 84 valence electrons. The van der Waals surface area contributed by atoms with E-state index in [1.807, 2.05) is 0 Å². The van der Waals surface area contributed by atoms with Crippen molar-refractivity contribution in [3.63, 3.8) is 0 Å². The molecule has 16 heavy (non-hydrogen) atoms. The third-order valence-electron chi connectivity index (χ3n) is 2.39. The number of hydrogen-bond donors (Lipinski definition) is 1. The Labute approximate surface area is 92.8 Å². The van der Waals surface area contributed by atoms with Gasteiger partial charge in [0, 0.05) is 0 Å². The number of aryl methyl sites for hydroxylation is 1. The highest BCUT2D eigenvalue weighted by atomic mass is 16.5. The molecule has 4 nitrogen and oxygen atoms in total. The third kappa shape index (κ3) is 2.21. The normalized spacial score (nSPS) is 14.6. The highest BCUT2D eigenvalue weighted by Crippen LogP contribution is 2.29. The Balaban J connectivity index is 2.34. The van der Waals surface area contributed by atoms with E-state index < -0.39 is 11.8 Å². The number of aliphatic carboxylic acids is 1. The summed E-state index contributed by atoms with van der Waals surface area (Å²) in [5.74, 6) is -1.99. The zero-order chi connectivity index (χ0) is 11.7. The fraction of sp³-hybridized carbons (Fsp3) is 0.333. The maximum atomic E-state index is 11.4. The molecule has 0 atom stereocenters. The van der Waals surface area contributed by atoms with Gasteiger partial charge in [0.1, 0.15) is 5.75 Å². The molecular weight excluding hydrogens is 208 g/mol. The van der Waals surface area contributed by atoms with Crippen molar-refractivity contribution in [2.45, 2.75) is 25.9 Å². The predicted octanol–water partition coefficient (Wildman–Crippen LogP) is 1.80. The molecule has 0 aromatic heterocycles. The molecule has 0 unspecified atom stereocenters. The molecule has 0 heterocycles. The van der Waals surface area contributed by atoms with Crippen LogP contribution in [0.15, 0.2) is 18.2 Å². The van der Waals surface area contributed by atoms with E-state index in [-0.39, 0.29) is 11.7 Å². The van der Waals surface area contributed by atoms with E-state index in [1.54, 1.807) is 25.1 Å². The summed E-state index contributed by atoms with van der Waals surface area (Å²) in [5.41, 5.74) is 0.979. The van der Waals surface area contributed by atoms with E-state index in [0.29, 0.717) is 5.75 Å². The first kappa shape index (κ1) is 10.7. The second-order valence-corrected chi connectivity index (χ2v) is 3.95. The first-order valence-corrected chi connectivity index (χ1v) is 5.13. The highest BCUT2D eigenvalue weighted by Gasteiger charge is 2.27. The van der Waals surface area contributed by atoms with Crippen molar-refractivity contribution in [3.05, 3.63) is 29.3 Å². The lowest BCUT2D eigenvalue weighted by Crippen LogP contribution is -2.15. The summed E-state index contributed by atoms with van der Waals surface area (Å²) in [7, 11) is 0. The zero-order valence-electron chi connectivity index (χ0n) is 8.90. The molecule has 1 aliphatic carbocycles. The molecule has 1 saturated carbocycles. The average Bonchev–Trinajstić information content (AvgIpc) is 3.03. The molecule has 0 saturated heterocycles. The Morgan fingerprint density at radius 1 is 1.38 bits per heavy atom. The zero-order valence-corrected chi connectivity index (χ0v) is 8.90. The molecule has 1 aromatic carbocycles. The van der Waals surface area contributed by atoms with Crippen molar-refractivity contribution in [1.29, 1.82) is 0 Å². The quantitative estimate of drug-likeness (QED) is 0.620. The Kier molecular flexibility index (Phi) is 2.64. The fourth-order valence-electron chi connectivity index (χ4n) is 1.40. The Morgan fingerprint density at radius 3 is 2.62 bits per heavy atom. The molecular formula is C12H12O4. The number of carboxylic acid groups (broad SMARTS) is 1. The van der Waals surface area contributed by atoms with E-state index >= 15 is 0 Å². The molecule has 1 fully saturated rings. The van der Waals surface area contributed by atoms with Gasteiger partial charge >= 0.3 is 5.97 Å². The average molecular weight is 220 g/mol. The minimum Gasteiger partial charge on any atom is -0.490 e. The lowest BCUT2D eigenvalue weighted by Gasteiger charge is -2.09. The van der Waals surface area contributed by atoms with Crippen LogP contribution in [0.1, 0.15) is 28.8 Å². The van der Waals surface area contributed by atoms with Crippen molar-refractivity contribution >= 4 is 11.8 Å². The van der Waals surface area contributed by atoms with Gasteiger partial charge in [-0.1, -0.05) is 11.6 Å². The summed E-state index contributed by atoms with van der Waals surface area (Å²) >= 11 is 0. The SMILES string of the molecule is Cc1ccc(OC2CC2)c(C(=O)C(=O)O)c1. The molecule has 2 rings (SSSR count). The van der Waals surface area contributed by atoms with Crippen LogP contribution in [-0.4, -0.2) is 23.0 Å². The van der Waals surface area contributed by atoms with Crippen molar-refractivity contribution in [2.24, 2.45) is 0 Å². The standard InChI is InChI=1S/C12H12O4/c1-7-2-5-10(16-8-3-4-8)9(6-7)11(13)12(14)15/h2,5-6,8H,3-4H2,1H3,(H,14,15). The minimum atomic E-state index is -1.45. The van der Waals surface area contributed by atoms with Gasteiger partial charge in [-0.2, -0.15) is 0 Å². The molecule has 1 aliphatic rings. The van der Waals surface area contributed by atoms with Gasteiger partial charge in [0.15, 0.2) is 0 Å². The van der Waals surface area contributed by atoms with Crippen molar-refractivity contribution in [2.75, 3.05) is 0 Å². The number of ketones is 1. The molecule has 0 bridgehead atoms. The number of carbonyl (C=O) groups excluding carboxylic acids is 1. The van der Waals surface area contributed by atoms with E-state index in [0.717, 1.165) is 18.4 Å². The number of benzene rings is 1. The monoisotopic (exact) mass is 220 g/mol. The van der Waals surface area contributed by atoms with Crippen molar-refractivity contribution < 1.29 is 19.4 Å². The lowest BCUT2D eigenvalue weighted by molar-refractivity contribution is -0.131. The summed E-state index contributed by atoms with van der Waals surface area (Å²) in [6, 6.07) is 5.01. The number of hydrogen-bond acceptors (Lipinski definition) is 3. The van der Waals surface area contributed by atoms with Gasteiger partial charge in [0.2, 0.25) is 0 Å². The first-order valence-electron chi connectivity index (χ1n) is 5.13. The summed E-state index contributed by atoms with van der Waals surface area (Å²) in [4.78, 5) is 22.1. The Bertz CT molecular complexity index is 446. The van der Waals surface area contributed by atoms with E-state index in [1.165, 1.54) is 0 Å². The van der Waals surface area contributed by atoms with Gasteiger partial charge in [-0.25, -0.2) is 4.79 Å². The van der Waals surface area contributed by atoms with Gasteiger partial charge in [-0.3, -0.25) is 4.79 Å². The minimum absolute atomic E-state index is 0.138. The first-order chi connectivity index (χ1) is 7.58. The topological polar surface area (TPSA) is 63.6 Å². The second-order valence-electron chi connectivity index (χ2n) is 3.95. The van der Waals surface area contributed by atoms with Crippen LogP contribution in [0.3, 0.4) is 0 Å². The van der Waals surface area contributed by atoms with E-state index in [4.69, 9.17) is 9.84 Å². The van der Waals surface area contributed by atoms with Crippen LogP contribution < -0.4 is 4.74 Å². The van der Waals surface area contributed by atoms with Crippen LogP contribution in [0.4, 0.5) is 0 Å². The van der Waals surface area contributed by atoms with Crippen LogP contribution in [0.2, 0.25) is 0 Å². The molecule has 0 aliphatic heterocycles. The summed E-state index contributed by atoms with van der Waals surface area (Å²) in [5, 5.41) is 8.70. The molecule has 4 heteroatoms. The van der Waals surface area contributed by atoms with Crippen LogP contribution in [0, 0.1) is 6.92 Å². The molecule has 0 radical (unpaired) electrons. The van der Waals surface area contributed by atoms with Crippen LogP contribution in [0.25, 0.3) is 0 Å². The number of Topliss-reactive ketones (excluding diaryl/α,β-unsaturated/α-hetero) is 1. The van der Waals surface area contributed by atoms with E-state index in [2.05, 4.69) is 0 Å².